The van der Waals surface area contributed by atoms with Crippen molar-refractivity contribution < 1.29 is 4.39 Å². The van der Waals surface area contributed by atoms with Crippen molar-refractivity contribution in [3.63, 3.8) is 0 Å². The standard InChI is InChI=1S/C9H16FN3/c1-7(10)9-12-6-8(13(9)2)4-3-5-11/h6-7H,3-5,11H2,1-2H3. The van der Waals surface area contributed by atoms with Gasteiger partial charge < -0.3 is 10.3 Å². The zero-order valence-corrected chi connectivity index (χ0v) is 8.13. The fourth-order valence-corrected chi connectivity index (χ4v) is 1.35. The Morgan fingerprint density at radius 2 is 2.38 bits per heavy atom. The molecule has 1 unspecified atom stereocenters. The number of nitrogens with two attached hydrogens (primary N) is 1. The molecular formula is C9H16FN3. The third-order valence-corrected chi connectivity index (χ3v) is 2.11. The van der Waals surface area contributed by atoms with E-state index in [2.05, 4.69) is 4.98 Å². The van der Waals surface area contributed by atoms with Crippen molar-refractivity contribution in [2.45, 2.75) is 25.9 Å². The predicted octanol–water partition coefficient (Wildman–Crippen LogP) is 1.34. The van der Waals surface area contributed by atoms with Crippen molar-refractivity contribution in [3.05, 3.63) is 17.7 Å². The maximum absolute atomic E-state index is 12.9. The zero-order valence-electron chi connectivity index (χ0n) is 8.13. The van der Waals surface area contributed by atoms with Crippen LogP contribution in [0, 0.1) is 0 Å². The van der Waals surface area contributed by atoms with E-state index < -0.39 is 6.17 Å². The van der Waals surface area contributed by atoms with Crippen molar-refractivity contribution in [3.8, 4) is 0 Å². The number of halogens is 1. The molecule has 13 heavy (non-hydrogen) atoms. The Hall–Kier alpha value is -0.900. The van der Waals surface area contributed by atoms with Gasteiger partial charge in [0.05, 0.1) is 0 Å². The number of nitrogens with zero attached hydrogens (tertiary/aromatic N) is 2. The van der Waals surface area contributed by atoms with Crippen molar-refractivity contribution in [2.75, 3.05) is 6.54 Å². The Bertz CT molecular complexity index is 268. The summed E-state index contributed by atoms with van der Waals surface area (Å²) in [6.45, 7) is 2.15. The second kappa shape index (κ2) is 4.37. The molecule has 4 heteroatoms. The summed E-state index contributed by atoms with van der Waals surface area (Å²) < 4.78 is 14.7. The molecule has 0 aromatic carbocycles. The maximum Gasteiger partial charge on any atom is 0.155 e. The molecule has 1 aromatic rings. The molecule has 1 rings (SSSR count). The van der Waals surface area contributed by atoms with E-state index >= 15 is 0 Å². The monoisotopic (exact) mass is 185 g/mol. The van der Waals surface area contributed by atoms with E-state index in [1.807, 2.05) is 7.05 Å². The molecule has 0 aliphatic carbocycles. The third-order valence-electron chi connectivity index (χ3n) is 2.11. The average molecular weight is 185 g/mol. The van der Waals surface area contributed by atoms with Crippen molar-refractivity contribution in [1.29, 1.82) is 0 Å². The Morgan fingerprint density at radius 3 is 2.85 bits per heavy atom. The highest BCUT2D eigenvalue weighted by Crippen LogP contribution is 2.15. The number of hydrogen-bond acceptors (Lipinski definition) is 2. The van der Waals surface area contributed by atoms with Crippen LogP contribution < -0.4 is 5.73 Å². The van der Waals surface area contributed by atoms with Gasteiger partial charge in [0, 0.05) is 18.9 Å². The first-order valence-corrected chi connectivity index (χ1v) is 4.51. The van der Waals surface area contributed by atoms with Crippen LogP contribution in [0.15, 0.2) is 6.20 Å². The summed E-state index contributed by atoms with van der Waals surface area (Å²) in [6.07, 6.45) is 2.50. The summed E-state index contributed by atoms with van der Waals surface area (Å²) >= 11 is 0. The van der Waals surface area contributed by atoms with E-state index in [9.17, 15) is 4.39 Å². The Morgan fingerprint density at radius 1 is 1.69 bits per heavy atom. The van der Waals surface area contributed by atoms with E-state index in [1.165, 1.54) is 6.92 Å². The number of hydrogen-bond donors (Lipinski definition) is 1. The van der Waals surface area contributed by atoms with Crippen LogP contribution in [0.2, 0.25) is 0 Å². The summed E-state index contributed by atoms with van der Waals surface area (Å²) in [5.74, 6) is 0.493. The Labute approximate surface area is 77.8 Å². The lowest BCUT2D eigenvalue weighted by atomic mass is 10.2. The fourth-order valence-electron chi connectivity index (χ4n) is 1.35. The second-order valence-electron chi connectivity index (χ2n) is 3.17. The van der Waals surface area contributed by atoms with Gasteiger partial charge >= 0.3 is 0 Å². The molecule has 0 aliphatic rings. The molecule has 0 bridgehead atoms. The SMILES string of the molecule is CC(F)c1ncc(CCCN)n1C. The van der Waals surface area contributed by atoms with E-state index in [0.717, 1.165) is 18.5 Å². The third kappa shape index (κ3) is 2.28. The molecule has 3 nitrogen and oxygen atoms in total. The van der Waals surface area contributed by atoms with Gasteiger partial charge in [-0.1, -0.05) is 0 Å². The molecule has 1 aromatic heterocycles. The minimum Gasteiger partial charge on any atom is -0.333 e. The summed E-state index contributed by atoms with van der Waals surface area (Å²) in [5, 5.41) is 0. The van der Waals surface area contributed by atoms with Crippen LogP contribution in [0.4, 0.5) is 4.39 Å². The lowest BCUT2D eigenvalue weighted by molar-refractivity contribution is 0.348. The smallest absolute Gasteiger partial charge is 0.155 e. The van der Waals surface area contributed by atoms with Gasteiger partial charge in [0.25, 0.3) is 0 Å². The highest BCUT2D eigenvalue weighted by atomic mass is 19.1. The van der Waals surface area contributed by atoms with E-state index in [-0.39, 0.29) is 0 Å². The summed E-state index contributed by atoms with van der Waals surface area (Å²) in [4.78, 5) is 4.02. The van der Waals surface area contributed by atoms with Crippen molar-refractivity contribution in [2.24, 2.45) is 12.8 Å². The van der Waals surface area contributed by atoms with Crippen molar-refractivity contribution >= 4 is 0 Å². The van der Waals surface area contributed by atoms with Gasteiger partial charge in [0.1, 0.15) is 5.82 Å². The van der Waals surface area contributed by atoms with Crippen LogP contribution in [0.25, 0.3) is 0 Å². The largest absolute Gasteiger partial charge is 0.333 e. The molecule has 1 heterocycles. The fraction of sp³-hybridized carbons (Fsp3) is 0.667. The quantitative estimate of drug-likeness (QED) is 0.769. The topological polar surface area (TPSA) is 43.8 Å². The molecule has 0 fully saturated rings. The summed E-state index contributed by atoms with van der Waals surface area (Å²) in [5.41, 5.74) is 6.44. The first-order chi connectivity index (χ1) is 6.16. The first kappa shape index (κ1) is 10.2. The van der Waals surface area contributed by atoms with Gasteiger partial charge in [-0.3, -0.25) is 0 Å². The predicted molar refractivity (Wildman–Crippen MR) is 50.1 cm³/mol. The number of aryl methyl sites for hydroxylation is 1. The minimum atomic E-state index is -1.00. The Kier molecular flexibility index (Phi) is 3.42. The molecule has 1 atom stereocenters. The van der Waals surface area contributed by atoms with Gasteiger partial charge in [-0.25, -0.2) is 9.37 Å². The molecule has 0 saturated carbocycles. The van der Waals surface area contributed by atoms with Crippen molar-refractivity contribution in [1.82, 2.24) is 9.55 Å². The van der Waals surface area contributed by atoms with Crippen LogP contribution in [-0.2, 0) is 13.5 Å². The zero-order chi connectivity index (χ0) is 9.84. The molecule has 2 N–H and O–H groups in total. The molecule has 0 amide bonds. The van der Waals surface area contributed by atoms with Crippen LogP contribution in [-0.4, -0.2) is 16.1 Å². The highest BCUT2D eigenvalue weighted by molar-refractivity contribution is 5.06. The lowest BCUT2D eigenvalue weighted by Gasteiger charge is -2.05. The molecule has 0 aliphatic heterocycles. The molecule has 74 valence electrons. The van der Waals surface area contributed by atoms with Gasteiger partial charge in [0.2, 0.25) is 0 Å². The highest BCUT2D eigenvalue weighted by Gasteiger charge is 2.11. The van der Waals surface area contributed by atoms with E-state index in [4.69, 9.17) is 5.73 Å². The van der Waals surface area contributed by atoms with Gasteiger partial charge in [-0.15, -0.1) is 0 Å². The van der Waals surface area contributed by atoms with Gasteiger partial charge in [0.15, 0.2) is 6.17 Å². The molecular weight excluding hydrogens is 169 g/mol. The van der Waals surface area contributed by atoms with Gasteiger partial charge in [-0.05, 0) is 26.3 Å². The maximum atomic E-state index is 12.9. The second-order valence-corrected chi connectivity index (χ2v) is 3.17. The normalized spacial score (nSPS) is 13.2. The summed E-state index contributed by atoms with van der Waals surface area (Å²) in [7, 11) is 1.84. The van der Waals surface area contributed by atoms with E-state index in [1.54, 1.807) is 10.8 Å². The van der Waals surface area contributed by atoms with Crippen LogP contribution in [0.1, 0.15) is 31.0 Å². The lowest BCUT2D eigenvalue weighted by Crippen LogP contribution is -2.06. The molecule has 0 spiro atoms. The summed E-state index contributed by atoms with van der Waals surface area (Å²) in [6, 6.07) is 0. The number of aromatic nitrogens is 2. The Balaban J connectivity index is 2.74. The number of rotatable bonds is 4. The number of imidazole rings is 1. The first-order valence-electron chi connectivity index (χ1n) is 4.51. The molecule has 0 saturated heterocycles. The number of alkyl halides is 1. The van der Waals surface area contributed by atoms with Crippen LogP contribution in [0.5, 0.6) is 0 Å². The average Bonchev–Trinajstić information content (AvgIpc) is 2.43. The minimum absolute atomic E-state index is 0.493. The van der Waals surface area contributed by atoms with E-state index in [0.29, 0.717) is 12.4 Å². The van der Waals surface area contributed by atoms with Gasteiger partial charge in [-0.2, -0.15) is 0 Å². The molecule has 0 radical (unpaired) electrons. The van der Waals surface area contributed by atoms with Crippen LogP contribution in [0.3, 0.4) is 0 Å². The van der Waals surface area contributed by atoms with Crippen LogP contribution >= 0.6 is 0 Å².